The number of nitrogen functional groups attached to an aromatic ring is 1. The van der Waals surface area contributed by atoms with Gasteiger partial charge in [0.15, 0.2) is 0 Å². The van der Waals surface area contributed by atoms with Gasteiger partial charge in [0.2, 0.25) is 5.88 Å². The number of anilines is 1. The molecule has 1 aliphatic carbocycles. The summed E-state index contributed by atoms with van der Waals surface area (Å²) in [6, 6.07) is 5.17. The number of ether oxygens (including phenoxy) is 1. The highest BCUT2D eigenvalue weighted by molar-refractivity contribution is 6.32. The van der Waals surface area contributed by atoms with Gasteiger partial charge in [-0.2, -0.15) is 0 Å². The highest BCUT2D eigenvalue weighted by Crippen LogP contribution is 2.34. The van der Waals surface area contributed by atoms with E-state index in [-0.39, 0.29) is 0 Å². The predicted molar refractivity (Wildman–Crippen MR) is 70.0 cm³/mol. The number of nitrogens with zero attached hydrogens (tertiary/aromatic N) is 2. The number of nitrogens with two attached hydrogens (primary N) is 1. The number of rotatable bonds is 2. The summed E-state index contributed by atoms with van der Waals surface area (Å²) in [6.07, 6.45) is 4.58. The van der Waals surface area contributed by atoms with Gasteiger partial charge in [-0.15, -0.1) is 0 Å². The number of aryl methyl sites for hydroxylation is 1. The lowest BCUT2D eigenvalue weighted by Crippen LogP contribution is -1.97. The van der Waals surface area contributed by atoms with Crippen LogP contribution < -0.4 is 10.5 Å². The summed E-state index contributed by atoms with van der Waals surface area (Å²) in [5.41, 5.74) is 8.42. The Bertz CT molecular complexity index is 601. The molecule has 0 bridgehead atoms. The molecule has 2 N–H and O–H groups in total. The van der Waals surface area contributed by atoms with Crippen LogP contribution in [0.1, 0.15) is 17.7 Å². The van der Waals surface area contributed by atoms with E-state index in [4.69, 9.17) is 22.1 Å². The van der Waals surface area contributed by atoms with E-state index in [1.54, 1.807) is 18.2 Å². The molecule has 1 aromatic carbocycles. The molecule has 0 unspecified atom stereocenters. The van der Waals surface area contributed by atoms with Gasteiger partial charge < -0.3 is 10.5 Å². The molecule has 0 radical (unpaired) electrons. The number of aromatic nitrogens is 2. The normalized spacial score (nSPS) is 13.4. The first-order chi connectivity index (χ1) is 8.74. The average Bonchev–Trinajstić information content (AvgIpc) is 2.82. The molecule has 4 nitrogen and oxygen atoms in total. The molecular formula is C13H12ClN3O. The van der Waals surface area contributed by atoms with Crippen molar-refractivity contribution in [2.75, 3.05) is 5.73 Å². The van der Waals surface area contributed by atoms with Crippen molar-refractivity contribution in [3.63, 3.8) is 0 Å². The van der Waals surface area contributed by atoms with Crippen molar-refractivity contribution in [1.29, 1.82) is 0 Å². The van der Waals surface area contributed by atoms with Gasteiger partial charge >= 0.3 is 0 Å². The van der Waals surface area contributed by atoms with Crippen molar-refractivity contribution in [1.82, 2.24) is 9.97 Å². The quantitative estimate of drug-likeness (QED) is 0.844. The largest absolute Gasteiger partial charge is 0.437 e. The molecule has 0 spiro atoms. The minimum absolute atomic E-state index is 0.486. The highest BCUT2D eigenvalue weighted by atomic mass is 35.5. The van der Waals surface area contributed by atoms with Gasteiger partial charge in [-0.3, -0.25) is 0 Å². The van der Waals surface area contributed by atoms with E-state index < -0.39 is 0 Å². The Hall–Kier alpha value is -1.81. The molecule has 1 aromatic heterocycles. The number of halogens is 1. The highest BCUT2D eigenvalue weighted by Gasteiger charge is 2.19. The van der Waals surface area contributed by atoms with E-state index in [1.807, 2.05) is 0 Å². The Morgan fingerprint density at radius 3 is 2.94 bits per heavy atom. The minimum Gasteiger partial charge on any atom is -0.437 e. The molecule has 92 valence electrons. The zero-order valence-corrected chi connectivity index (χ0v) is 10.4. The van der Waals surface area contributed by atoms with Crippen LogP contribution in [0.25, 0.3) is 0 Å². The van der Waals surface area contributed by atoms with Gasteiger partial charge in [0, 0.05) is 11.3 Å². The third kappa shape index (κ3) is 1.99. The first kappa shape index (κ1) is 11.3. The minimum atomic E-state index is 0.486. The molecule has 0 amide bonds. The van der Waals surface area contributed by atoms with Crippen molar-refractivity contribution in [3.05, 3.63) is 40.8 Å². The Kier molecular flexibility index (Phi) is 2.80. The monoisotopic (exact) mass is 261 g/mol. The van der Waals surface area contributed by atoms with Crippen molar-refractivity contribution in [2.24, 2.45) is 0 Å². The van der Waals surface area contributed by atoms with Crippen LogP contribution in [0.4, 0.5) is 5.69 Å². The van der Waals surface area contributed by atoms with Gasteiger partial charge in [0.25, 0.3) is 0 Å². The van der Waals surface area contributed by atoms with Gasteiger partial charge in [0.05, 0.1) is 10.7 Å². The van der Waals surface area contributed by atoms with Gasteiger partial charge in [0.1, 0.15) is 12.1 Å². The van der Waals surface area contributed by atoms with Crippen LogP contribution in [0, 0.1) is 0 Å². The van der Waals surface area contributed by atoms with Crippen LogP contribution in [-0.4, -0.2) is 9.97 Å². The second kappa shape index (κ2) is 4.46. The maximum absolute atomic E-state index is 6.08. The fourth-order valence-corrected chi connectivity index (χ4v) is 2.35. The SMILES string of the molecule is Nc1ccc(Oc2ncnc3c2CCC3)c(Cl)c1. The molecule has 1 heterocycles. The fourth-order valence-electron chi connectivity index (χ4n) is 2.12. The van der Waals surface area contributed by atoms with E-state index in [2.05, 4.69) is 9.97 Å². The third-order valence-corrected chi connectivity index (χ3v) is 3.29. The topological polar surface area (TPSA) is 61.0 Å². The van der Waals surface area contributed by atoms with Crippen LogP contribution in [0.5, 0.6) is 11.6 Å². The van der Waals surface area contributed by atoms with Crippen LogP contribution in [-0.2, 0) is 12.8 Å². The Morgan fingerprint density at radius 2 is 2.11 bits per heavy atom. The van der Waals surface area contributed by atoms with Crippen molar-refractivity contribution >= 4 is 17.3 Å². The Labute approximate surface area is 110 Å². The average molecular weight is 262 g/mol. The summed E-state index contributed by atoms with van der Waals surface area (Å²) in [5.74, 6) is 1.17. The van der Waals surface area contributed by atoms with E-state index in [0.717, 1.165) is 30.5 Å². The standard InChI is InChI=1S/C13H12ClN3O/c14-10-6-8(15)4-5-12(10)18-13-9-2-1-3-11(9)16-7-17-13/h4-7H,1-3,15H2. The first-order valence-electron chi connectivity index (χ1n) is 5.79. The molecule has 2 aromatic rings. The molecule has 0 saturated heterocycles. The van der Waals surface area contributed by atoms with E-state index in [1.165, 1.54) is 6.33 Å². The second-order valence-electron chi connectivity index (χ2n) is 4.25. The van der Waals surface area contributed by atoms with Crippen molar-refractivity contribution in [3.8, 4) is 11.6 Å². The molecular weight excluding hydrogens is 250 g/mol. The zero-order chi connectivity index (χ0) is 12.5. The third-order valence-electron chi connectivity index (χ3n) is 3.00. The summed E-state index contributed by atoms with van der Waals surface area (Å²) in [5, 5.41) is 0.486. The van der Waals surface area contributed by atoms with Crippen LogP contribution in [0.3, 0.4) is 0 Å². The van der Waals surface area contributed by atoms with Crippen molar-refractivity contribution < 1.29 is 4.74 Å². The van der Waals surface area contributed by atoms with E-state index in [0.29, 0.717) is 22.3 Å². The molecule has 0 atom stereocenters. The maximum Gasteiger partial charge on any atom is 0.225 e. The molecule has 1 aliphatic rings. The molecule has 0 aliphatic heterocycles. The van der Waals surface area contributed by atoms with Gasteiger partial charge in [-0.05, 0) is 37.5 Å². The molecule has 18 heavy (non-hydrogen) atoms. The fraction of sp³-hybridized carbons (Fsp3) is 0.231. The molecule has 5 heteroatoms. The zero-order valence-electron chi connectivity index (χ0n) is 9.69. The predicted octanol–water partition coefficient (Wildman–Crippen LogP) is 2.99. The number of benzene rings is 1. The number of hydrogen-bond acceptors (Lipinski definition) is 4. The Morgan fingerprint density at radius 1 is 1.22 bits per heavy atom. The summed E-state index contributed by atoms with van der Waals surface area (Å²) in [7, 11) is 0. The summed E-state index contributed by atoms with van der Waals surface area (Å²) in [4.78, 5) is 8.44. The first-order valence-corrected chi connectivity index (χ1v) is 6.17. The van der Waals surface area contributed by atoms with E-state index >= 15 is 0 Å². The van der Waals surface area contributed by atoms with Crippen LogP contribution in [0.2, 0.25) is 5.02 Å². The number of hydrogen-bond donors (Lipinski definition) is 1. The van der Waals surface area contributed by atoms with Gasteiger partial charge in [-0.25, -0.2) is 9.97 Å². The lowest BCUT2D eigenvalue weighted by atomic mass is 10.2. The van der Waals surface area contributed by atoms with Gasteiger partial charge in [-0.1, -0.05) is 11.6 Å². The van der Waals surface area contributed by atoms with Crippen molar-refractivity contribution in [2.45, 2.75) is 19.3 Å². The van der Waals surface area contributed by atoms with Crippen LogP contribution in [0.15, 0.2) is 24.5 Å². The summed E-state index contributed by atoms with van der Waals surface area (Å²) >= 11 is 6.08. The molecule has 3 rings (SSSR count). The lowest BCUT2D eigenvalue weighted by Gasteiger charge is -2.10. The van der Waals surface area contributed by atoms with Crippen LogP contribution >= 0.6 is 11.6 Å². The summed E-state index contributed by atoms with van der Waals surface area (Å²) < 4.78 is 5.77. The Balaban J connectivity index is 1.95. The molecule has 0 saturated carbocycles. The lowest BCUT2D eigenvalue weighted by molar-refractivity contribution is 0.455. The van der Waals surface area contributed by atoms with E-state index in [9.17, 15) is 0 Å². The second-order valence-corrected chi connectivity index (χ2v) is 4.66. The summed E-state index contributed by atoms with van der Waals surface area (Å²) in [6.45, 7) is 0. The smallest absolute Gasteiger partial charge is 0.225 e. The number of fused-ring (bicyclic) bond motifs is 1. The maximum atomic E-state index is 6.08. The molecule has 0 fully saturated rings.